The average molecular weight is 405 g/mol. The number of halogens is 1. The van der Waals surface area contributed by atoms with Crippen molar-refractivity contribution in [1.29, 1.82) is 0 Å². The largest absolute Gasteiger partial charge is 0.469 e. The second-order valence-electron chi connectivity index (χ2n) is 5.13. The number of furan rings is 1. The number of hydrogen-bond acceptors (Lipinski definition) is 2. The molecule has 1 heterocycles. The van der Waals surface area contributed by atoms with Crippen LogP contribution < -0.4 is 5.32 Å². The zero-order chi connectivity index (χ0) is 14.8. The summed E-state index contributed by atoms with van der Waals surface area (Å²) in [6, 6.07) is 3.91. The van der Waals surface area contributed by atoms with Crippen molar-refractivity contribution in [2.45, 2.75) is 33.1 Å². The molecule has 0 bridgehead atoms. The fraction of sp³-hybridized carbons (Fsp3) is 0.562. The number of nitrogens with one attached hydrogen (secondary N) is 1. The molecule has 0 saturated heterocycles. The number of likely N-dealkylation sites (N-methyl/N-ethyl adjacent to an activating group) is 1. The highest BCUT2D eigenvalue weighted by Gasteiger charge is 2.06. The smallest absolute Gasteiger partial charge is 0.193 e. The quantitative estimate of drug-likeness (QED) is 0.236. The molecule has 0 saturated carbocycles. The number of guanidine groups is 1. The summed E-state index contributed by atoms with van der Waals surface area (Å²) in [7, 11) is 2.04. The van der Waals surface area contributed by atoms with Crippen LogP contribution in [0.25, 0.3) is 0 Å². The fourth-order valence-electron chi connectivity index (χ4n) is 1.89. The van der Waals surface area contributed by atoms with E-state index >= 15 is 0 Å². The zero-order valence-corrected chi connectivity index (χ0v) is 15.7. The van der Waals surface area contributed by atoms with Gasteiger partial charge >= 0.3 is 0 Å². The van der Waals surface area contributed by atoms with E-state index in [1.807, 2.05) is 26.1 Å². The molecule has 0 unspecified atom stereocenters. The van der Waals surface area contributed by atoms with Gasteiger partial charge in [-0.1, -0.05) is 25.5 Å². The Bertz CT molecular complexity index is 415. The predicted octanol–water partition coefficient (Wildman–Crippen LogP) is 3.69. The van der Waals surface area contributed by atoms with Gasteiger partial charge in [0.05, 0.1) is 6.26 Å². The van der Waals surface area contributed by atoms with Gasteiger partial charge in [0, 0.05) is 33.1 Å². The Labute approximate surface area is 145 Å². The fourth-order valence-corrected chi connectivity index (χ4v) is 1.89. The van der Waals surface area contributed by atoms with E-state index in [0.717, 1.165) is 56.2 Å². The molecule has 1 rings (SSSR count). The van der Waals surface area contributed by atoms with Crippen LogP contribution in [0.1, 0.15) is 32.4 Å². The highest BCUT2D eigenvalue weighted by molar-refractivity contribution is 14.0. The topological polar surface area (TPSA) is 40.8 Å². The first kappa shape index (κ1) is 20.0. The third-order valence-electron chi connectivity index (χ3n) is 2.88. The SMILES string of the molecule is C=C(C)CN(C)C(=NCCCC)NCCc1ccco1.I. The van der Waals surface area contributed by atoms with Crippen LogP contribution in [0.4, 0.5) is 0 Å². The Morgan fingerprint density at radius 1 is 1.48 bits per heavy atom. The Balaban J connectivity index is 0.00000400. The molecule has 0 aromatic carbocycles. The normalized spacial score (nSPS) is 10.9. The lowest BCUT2D eigenvalue weighted by atomic mass is 10.3. The molecule has 0 radical (unpaired) electrons. The molecule has 0 aliphatic rings. The molecule has 21 heavy (non-hydrogen) atoms. The van der Waals surface area contributed by atoms with Gasteiger partial charge in [0.1, 0.15) is 5.76 Å². The lowest BCUT2D eigenvalue weighted by Gasteiger charge is -2.22. The van der Waals surface area contributed by atoms with Crippen LogP contribution in [0, 0.1) is 0 Å². The molecular formula is C16H28IN3O. The van der Waals surface area contributed by atoms with Crippen molar-refractivity contribution >= 4 is 29.9 Å². The van der Waals surface area contributed by atoms with Crippen LogP contribution >= 0.6 is 24.0 Å². The van der Waals surface area contributed by atoms with Gasteiger partial charge in [0.25, 0.3) is 0 Å². The average Bonchev–Trinajstić information content (AvgIpc) is 2.89. The molecule has 0 fully saturated rings. The van der Waals surface area contributed by atoms with Gasteiger partial charge in [-0.05, 0) is 25.5 Å². The molecule has 1 aromatic heterocycles. The first-order chi connectivity index (χ1) is 9.63. The summed E-state index contributed by atoms with van der Waals surface area (Å²) in [6.45, 7) is 10.7. The number of aliphatic imine (C=N–C) groups is 1. The van der Waals surface area contributed by atoms with Gasteiger partial charge in [-0.3, -0.25) is 4.99 Å². The molecular weight excluding hydrogens is 377 g/mol. The summed E-state index contributed by atoms with van der Waals surface area (Å²) in [5, 5.41) is 3.40. The van der Waals surface area contributed by atoms with Gasteiger partial charge in [0.2, 0.25) is 0 Å². The Morgan fingerprint density at radius 3 is 2.81 bits per heavy atom. The molecule has 120 valence electrons. The summed E-state index contributed by atoms with van der Waals surface area (Å²) >= 11 is 0. The van der Waals surface area contributed by atoms with Crippen LogP contribution in [0.15, 0.2) is 40.0 Å². The molecule has 5 heteroatoms. The van der Waals surface area contributed by atoms with Crippen molar-refractivity contribution in [1.82, 2.24) is 10.2 Å². The highest BCUT2D eigenvalue weighted by Crippen LogP contribution is 2.00. The monoisotopic (exact) mass is 405 g/mol. The highest BCUT2D eigenvalue weighted by atomic mass is 127. The van der Waals surface area contributed by atoms with Gasteiger partial charge < -0.3 is 14.6 Å². The number of unbranched alkanes of at least 4 members (excludes halogenated alkanes) is 1. The second kappa shape index (κ2) is 11.7. The number of rotatable bonds is 8. The minimum absolute atomic E-state index is 0. The number of nitrogens with zero attached hydrogens (tertiary/aromatic N) is 2. The summed E-state index contributed by atoms with van der Waals surface area (Å²) < 4.78 is 5.33. The lowest BCUT2D eigenvalue weighted by Crippen LogP contribution is -2.40. The van der Waals surface area contributed by atoms with Crippen LogP contribution in [-0.4, -0.2) is 37.5 Å². The van der Waals surface area contributed by atoms with Crippen molar-refractivity contribution in [3.8, 4) is 0 Å². The van der Waals surface area contributed by atoms with Crippen molar-refractivity contribution in [2.24, 2.45) is 4.99 Å². The summed E-state index contributed by atoms with van der Waals surface area (Å²) in [5.74, 6) is 1.93. The molecule has 1 N–H and O–H groups in total. The standard InChI is InChI=1S/C16H27N3O.HI/c1-5-6-10-17-16(19(4)13-14(2)3)18-11-9-15-8-7-12-20-15;/h7-8,12H,2,5-6,9-11,13H2,1,3-4H3,(H,17,18);1H. The van der Waals surface area contributed by atoms with E-state index < -0.39 is 0 Å². The van der Waals surface area contributed by atoms with Gasteiger partial charge in [-0.25, -0.2) is 0 Å². The van der Waals surface area contributed by atoms with Crippen molar-refractivity contribution in [2.75, 3.05) is 26.7 Å². The summed E-state index contributed by atoms with van der Waals surface area (Å²) in [4.78, 5) is 6.76. The number of hydrogen-bond donors (Lipinski definition) is 1. The Morgan fingerprint density at radius 2 is 2.24 bits per heavy atom. The van der Waals surface area contributed by atoms with E-state index in [2.05, 4.69) is 28.7 Å². The first-order valence-corrected chi connectivity index (χ1v) is 7.29. The molecule has 0 atom stereocenters. The van der Waals surface area contributed by atoms with E-state index in [1.54, 1.807) is 6.26 Å². The minimum Gasteiger partial charge on any atom is -0.469 e. The zero-order valence-electron chi connectivity index (χ0n) is 13.4. The van der Waals surface area contributed by atoms with Gasteiger partial charge in [0.15, 0.2) is 5.96 Å². The van der Waals surface area contributed by atoms with E-state index in [0.29, 0.717) is 0 Å². The van der Waals surface area contributed by atoms with Crippen molar-refractivity contribution < 1.29 is 4.42 Å². The van der Waals surface area contributed by atoms with Crippen LogP contribution in [0.3, 0.4) is 0 Å². The van der Waals surface area contributed by atoms with Gasteiger partial charge in [-0.15, -0.1) is 24.0 Å². The van der Waals surface area contributed by atoms with E-state index in [1.165, 1.54) is 0 Å². The van der Waals surface area contributed by atoms with Crippen LogP contribution in [0.2, 0.25) is 0 Å². The minimum atomic E-state index is 0. The Hall–Kier alpha value is -0.980. The third-order valence-corrected chi connectivity index (χ3v) is 2.88. The maximum Gasteiger partial charge on any atom is 0.193 e. The molecule has 0 aliphatic heterocycles. The lowest BCUT2D eigenvalue weighted by molar-refractivity contribution is 0.493. The third kappa shape index (κ3) is 8.80. The predicted molar refractivity (Wildman–Crippen MR) is 100 cm³/mol. The second-order valence-corrected chi connectivity index (χ2v) is 5.13. The van der Waals surface area contributed by atoms with Crippen LogP contribution in [0.5, 0.6) is 0 Å². The van der Waals surface area contributed by atoms with E-state index in [4.69, 9.17) is 4.42 Å². The summed E-state index contributed by atoms with van der Waals surface area (Å²) in [5.41, 5.74) is 1.13. The Kier molecular flexibility index (Phi) is 11.1. The van der Waals surface area contributed by atoms with E-state index in [-0.39, 0.29) is 24.0 Å². The van der Waals surface area contributed by atoms with Crippen molar-refractivity contribution in [3.63, 3.8) is 0 Å². The molecule has 4 nitrogen and oxygen atoms in total. The molecule has 1 aromatic rings. The first-order valence-electron chi connectivity index (χ1n) is 7.29. The maximum absolute atomic E-state index is 5.33. The van der Waals surface area contributed by atoms with E-state index in [9.17, 15) is 0 Å². The van der Waals surface area contributed by atoms with Crippen LogP contribution in [-0.2, 0) is 6.42 Å². The molecule has 0 spiro atoms. The summed E-state index contributed by atoms with van der Waals surface area (Å²) in [6.07, 6.45) is 4.84. The molecule has 0 amide bonds. The maximum atomic E-state index is 5.33. The molecule has 0 aliphatic carbocycles. The van der Waals surface area contributed by atoms with Gasteiger partial charge in [-0.2, -0.15) is 0 Å². The van der Waals surface area contributed by atoms with Crippen molar-refractivity contribution in [3.05, 3.63) is 36.3 Å².